The van der Waals surface area contributed by atoms with Crippen LogP contribution in [0.1, 0.15) is 103 Å². The highest BCUT2D eigenvalue weighted by molar-refractivity contribution is 6.23. The Morgan fingerprint density at radius 2 is 0.667 bits per heavy atom. The molecule has 21 rings (SSSR count). The fourth-order valence-electron chi connectivity index (χ4n) is 17.3. The van der Waals surface area contributed by atoms with Crippen LogP contribution in [0.15, 0.2) is 261 Å². The van der Waals surface area contributed by atoms with Gasteiger partial charge < -0.3 is 17.7 Å². The second-order valence-corrected chi connectivity index (χ2v) is 30.7. The van der Waals surface area contributed by atoms with Crippen LogP contribution in [0.3, 0.4) is 0 Å². The van der Waals surface area contributed by atoms with Gasteiger partial charge in [-0.2, -0.15) is 0 Å². The molecule has 0 aliphatic heterocycles. The first-order valence-corrected chi connectivity index (χ1v) is 38.8. The highest BCUT2D eigenvalue weighted by atomic mass is 16.4. The summed E-state index contributed by atoms with van der Waals surface area (Å²) < 4.78 is 34.2. The lowest BCUT2D eigenvalue weighted by molar-refractivity contribution is -0.661. The minimum atomic E-state index is 0.499. The smallest absolute Gasteiger partial charge is 0.227 e. The van der Waals surface area contributed by atoms with Crippen molar-refractivity contribution in [3.8, 4) is 45.0 Å². The van der Waals surface area contributed by atoms with E-state index < -0.39 is 0 Å². The van der Waals surface area contributed by atoms with E-state index in [2.05, 4.69) is 322 Å². The van der Waals surface area contributed by atoms with E-state index in [1.165, 1.54) is 97.4 Å². The molecule has 0 atom stereocenters. The molecule has 0 radical (unpaired) electrons. The van der Waals surface area contributed by atoms with Gasteiger partial charge in [0.15, 0.2) is 47.1 Å². The molecule has 1 saturated carbocycles. The Morgan fingerprint density at radius 1 is 0.342 bits per heavy atom. The van der Waals surface area contributed by atoms with Crippen molar-refractivity contribution in [3.63, 3.8) is 0 Å². The molecule has 8 aromatic carbocycles. The van der Waals surface area contributed by atoms with Crippen molar-refractivity contribution >= 4 is 131 Å². The molecule has 12 heterocycles. The van der Waals surface area contributed by atoms with Crippen molar-refractivity contribution in [1.82, 2.24) is 19.9 Å². The Kier molecular flexibility index (Phi) is 17.8. The maximum atomic E-state index is 6.39. The summed E-state index contributed by atoms with van der Waals surface area (Å²) in [5.74, 6) is 1.21. The molecule has 12 heteroatoms. The highest BCUT2D eigenvalue weighted by Crippen LogP contribution is 2.45. The Labute approximate surface area is 644 Å². The number of aryl methyl sites for hydroxylation is 10. The Morgan fingerprint density at radius 3 is 1.00 bits per heavy atom. The van der Waals surface area contributed by atoms with Gasteiger partial charge in [0, 0.05) is 114 Å². The number of pyridine rings is 8. The summed E-state index contributed by atoms with van der Waals surface area (Å²) in [6.07, 6.45) is 22.8. The number of fused-ring (bicyclic) bond motifs is 20. The Balaban J connectivity index is 0.000000104. The molecule has 12 aromatic heterocycles. The Bertz CT molecular complexity index is 7130. The van der Waals surface area contributed by atoms with Gasteiger partial charge in [0.2, 0.25) is 45.6 Å². The van der Waals surface area contributed by atoms with Crippen molar-refractivity contribution < 1.29 is 35.9 Å². The number of benzene rings is 8. The summed E-state index contributed by atoms with van der Waals surface area (Å²) in [7, 11) is 8.44. The van der Waals surface area contributed by atoms with Gasteiger partial charge >= 0.3 is 0 Å². The second kappa shape index (κ2) is 28.3. The van der Waals surface area contributed by atoms with Crippen LogP contribution in [0.4, 0.5) is 0 Å². The maximum absolute atomic E-state index is 6.39. The first-order chi connectivity index (χ1) is 54.0. The second-order valence-electron chi connectivity index (χ2n) is 30.7. The number of rotatable bonds is 7. The standard InChI is InChI=1S/C27H25N2O.C25H23N2O.C24H21N2O.C23H19N2O/c1-17-11-13-22-25-21-10-6-5-9-19(21)15-28-27(25)30-26(22)24(17)23-14-12-20(16-29(23)2)18-7-3-4-8-18;1-15(2)18-10-12-21(27(4)14-18)22-16(3)9-11-20-23-19-8-6-5-7-17(19)13-26-25(23)28-24(20)22;1-4-16-10-12-20(26(3)14-16)21-15(2)9-11-19-22-18-8-6-5-7-17(18)13-25-24(22)27-23(19)21;1-14-8-11-19(25(3)13-14)20-15(2)9-10-18-21-17-7-5-4-6-16(17)12-24-23(21)26-22(18)20/h5-6,9-16,18H,3-4,7-8H2,1-2H3;5-15H,1-4H3;5-14H,4H2,1-3H3;4-13H,1-3H3/q4*+1. The van der Waals surface area contributed by atoms with Gasteiger partial charge in [-0.3, -0.25) is 0 Å². The molecular weight excluding hydrogens is 1370 g/mol. The minimum absolute atomic E-state index is 0.499. The quantitative estimate of drug-likeness (QED) is 0.145. The first kappa shape index (κ1) is 69.9. The van der Waals surface area contributed by atoms with Gasteiger partial charge in [-0.25, -0.2) is 38.2 Å². The molecule has 0 saturated heterocycles. The van der Waals surface area contributed by atoms with Crippen LogP contribution < -0.4 is 18.3 Å². The average molecular weight is 1450 g/mol. The Hall–Kier alpha value is -12.8. The molecule has 0 spiro atoms. The molecule has 111 heavy (non-hydrogen) atoms. The van der Waals surface area contributed by atoms with E-state index in [4.69, 9.17) is 17.7 Å². The molecule has 544 valence electrons. The van der Waals surface area contributed by atoms with Crippen molar-refractivity contribution in [3.05, 3.63) is 288 Å². The van der Waals surface area contributed by atoms with Gasteiger partial charge in [0.05, 0.1) is 43.8 Å². The third-order valence-corrected chi connectivity index (χ3v) is 23.1. The fourth-order valence-corrected chi connectivity index (χ4v) is 17.3. The third kappa shape index (κ3) is 12.2. The van der Waals surface area contributed by atoms with Crippen LogP contribution in [0.2, 0.25) is 0 Å². The maximum Gasteiger partial charge on any atom is 0.227 e. The summed E-state index contributed by atoms with van der Waals surface area (Å²) in [5.41, 5.74) is 25.8. The highest BCUT2D eigenvalue weighted by Gasteiger charge is 2.29. The third-order valence-electron chi connectivity index (χ3n) is 23.1. The van der Waals surface area contributed by atoms with E-state index in [0.717, 1.165) is 133 Å². The normalized spacial score (nSPS) is 12.6. The molecule has 1 fully saturated rings. The molecule has 20 aromatic rings. The topological polar surface area (TPSA) is 120 Å². The number of nitrogens with zero attached hydrogens (tertiary/aromatic N) is 8. The van der Waals surface area contributed by atoms with Crippen LogP contribution in [0.5, 0.6) is 0 Å². The number of aromatic nitrogens is 8. The van der Waals surface area contributed by atoms with Crippen LogP contribution in [-0.4, -0.2) is 19.9 Å². The summed E-state index contributed by atoms with van der Waals surface area (Å²) in [6.45, 7) is 17.3. The molecule has 0 bridgehead atoms. The lowest BCUT2D eigenvalue weighted by Crippen LogP contribution is -2.31. The van der Waals surface area contributed by atoms with Crippen molar-refractivity contribution in [2.45, 2.75) is 99.3 Å². The van der Waals surface area contributed by atoms with E-state index >= 15 is 0 Å². The molecule has 0 amide bonds. The van der Waals surface area contributed by atoms with Gasteiger partial charge in [-0.1, -0.05) is 179 Å². The zero-order valence-corrected chi connectivity index (χ0v) is 65.0. The van der Waals surface area contributed by atoms with Crippen LogP contribution in [-0.2, 0) is 34.6 Å². The predicted molar refractivity (Wildman–Crippen MR) is 451 cm³/mol. The summed E-state index contributed by atoms with van der Waals surface area (Å²) in [4.78, 5) is 18.4. The summed E-state index contributed by atoms with van der Waals surface area (Å²) in [5, 5.41) is 18.1. The van der Waals surface area contributed by atoms with Crippen LogP contribution >= 0.6 is 0 Å². The largest absolute Gasteiger partial charge is 0.437 e. The zero-order chi connectivity index (χ0) is 76.0. The van der Waals surface area contributed by atoms with Gasteiger partial charge in [0.25, 0.3) is 0 Å². The number of hydrogen-bond donors (Lipinski definition) is 0. The predicted octanol–water partition coefficient (Wildman–Crippen LogP) is 23.4. The fraction of sp³-hybridized carbons (Fsp3) is 0.192. The number of hydrogen-bond acceptors (Lipinski definition) is 8. The summed E-state index contributed by atoms with van der Waals surface area (Å²) >= 11 is 0. The molecular formula is C99H88N8O4+4. The minimum Gasteiger partial charge on any atom is -0.437 e. The summed E-state index contributed by atoms with van der Waals surface area (Å²) in [6, 6.07) is 68.6. The van der Waals surface area contributed by atoms with E-state index in [1.807, 2.05) is 43.0 Å². The van der Waals surface area contributed by atoms with Crippen molar-refractivity contribution in [2.75, 3.05) is 0 Å². The molecule has 0 N–H and O–H groups in total. The number of furan rings is 4. The van der Waals surface area contributed by atoms with Crippen LogP contribution in [0, 0.1) is 34.6 Å². The molecule has 0 unspecified atom stereocenters. The lowest BCUT2D eigenvalue weighted by atomic mass is 9.96. The molecule has 12 nitrogen and oxygen atoms in total. The first-order valence-electron chi connectivity index (χ1n) is 38.8. The van der Waals surface area contributed by atoms with Crippen LogP contribution in [0.25, 0.3) is 176 Å². The lowest BCUT2D eigenvalue weighted by Gasteiger charge is -2.10. The van der Waals surface area contributed by atoms with Gasteiger partial charge in [0.1, 0.15) is 28.2 Å². The van der Waals surface area contributed by atoms with Crippen molar-refractivity contribution in [2.24, 2.45) is 28.2 Å². The average Bonchev–Trinajstić information content (AvgIpc) is 1.62. The van der Waals surface area contributed by atoms with E-state index in [-0.39, 0.29) is 0 Å². The van der Waals surface area contributed by atoms with E-state index in [9.17, 15) is 0 Å². The van der Waals surface area contributed by atoms with E-state index in [0.29, 0.717) is 34.7 Å². The van der Waals surface area contributed by atoms with Gasteiger partial charge in [-0.05, 0) is 134 Å². The van der Waals surface area contributed by atoms with Gasteiger partial charge in [-0.15, -0.1) is 0 Å². The monoisotopic (exact) mass is 1450 g/mol. The SMILES string of the molecule is CCc1ccc(-c2c(C)ccc3c2oc2ncc4ccccc4c23)[n+](C)c1.Cc1ccc(-c2c(C)ccc3c2oc2ncc4ccccc4c23)[n+](C)c1.Cc1ccc2c(oc3ncc4ccccc4c32)c1-c1ccc(C(C)C)c[n+]1C.Cc1ccc2c(oc3ncc4ccccc4c32)c1-c1ccc(C2CCCC2)c[n+]1C. The molecule has 1 aliphatic rings. The molecule has 1 aliphatic carbocycles. The van der Waals surface area contributed by atoms with E-state index in [1.54, 1.807) is 0 Å². The van der Waals surface area contributed by atoms with Crippen molar-refractivity contribution in [1.29, 1.82) is 0 Å². The zero-order valence-electron chi connectivity index (χ0n) is 65.0.